The van der Waals surface area contributed by atoms with Crippen LogP contribution in [0.3, 0.4) is 0 Å². The van der Waals surface area contributed by atoms with E-state index in [1.165, 1.54) is 6.08 Å². The van der Waals surface area contributed by atoms with Crippen LogP contribution in [0.4, 0.5) is 0 Å². The fourth-order valence-corrected chi connectivity index (χ4v) is 0.651. The molecule has 0 amide bonds. The summed E-state index contributed by atoms with van der Waals surface area (Å²) in [6.45, 7) is 0. The minimum absolute atomic E-state index is 0.0620. The maximum atomic E-state index is 10.3. The molecule has 0 radical (unpaired) electrons. The molecule has 0 atom stereocenters. The summed E-state index contributed by atoms with van der Waals surface area (Å²) in [6.07, 6.45) is 4.03. The molecule has 0 aliphatic carbocycles. The third kappa shape index (κ3) is 4.58. The van der Waals surface area contributed by atoms with Gasteiger partial charge in [0.2, 0.25) is 0 Å². The molecular formula is C9H8O4. The first-order valence-electron chi connectivity index (χ1n) is 3.48. The lowest BCUT2D eigenvalue weighted by atomic mass is 10.1. The highest BCUT2D eigenvalue weighted by Crippen LogP contribution is 2.00. The van der Waals surface area contributed by atoms with E-state index in [-0.39, 0.29) is 17.6 Å². The van der Waals surface area contributed by atoms with E-state index in [0.29, 0.717) is 25.1 Å². The van der Waals surface area contributed by atoms with Crippen LogP contribution in [0.15, 0.2) is 23.3 Å². The van der Waals surface area contributed by atoms with Crippen molar-refractivity contribution in [2.75, 3.05) is 0 Å². The Morgan fingerprint density at radius 2 is 1.69 bits per heavy atom. The van der Waals surface area contributed by atoms with E-state index in [4.69, 9.17) is 0 Å². The second kappa shape index (κ2) is 6.84. The number of hydrogen-bond acceptors (Lipinski definition) is 4. The quantitative estimate of drug-likeness (QED) is 0.328. The average molecular weight is 180 g/mol. The number of hydrogen-bond donors (Lipinski definition) is 0. The predicted molar refractivity (Wildman–Crippen MR) is 45.0 cm³/mol. The zero-order valence-electron chi connectivity index (χ0n) is 6.80. The van der Waals surface area contributed by atoms with E-state index >= 15 is 0 Å². The van der Waals surface area contributed by atoms with Crippen molar-refractivity contribution in [2.45, 2.75) is 6.42 Å². The summed E-state index contributed by atoms with van der Waals surface area (Å²) in [6, 6.07) is 0. The molecule has 0 unspecified atom stereocenters. The molecule has 0 bridgehead atoms. The van der Waals surface area contributed by atoms with E-state index in [0.717, 1.165) is 6.08 Å². The largest absolute Gasteiger partial charge is 0.303 e. The monoisotopic (exact) mass is 180 g/mol. The summed E-state index contributed by atoms with van der Waals surface area (Å²) in [5.74, 6) is 0. The van der Waals surface area contributed by atoms with E-state index in [2.05, 4.69) is 0 Å². The lowest BCUT2D eigenvalue weighted by Gasteiger charge is -1.91. The molecule has 0 rings (SSSR count). The van der Waals surface area contributed by atoms with Crippen LogP contribution in [0.5, 0.6) is 0 Å². The Kier molecular flexibility index (Phi) is 5.88. The van der Waals surface area contributed by atoms with Crippen LogP contribution in [-0.2, 0) is 19.2 Å². The first-order chi connectivity index (χ1) is 6.28. The van der Waals surface area contributed by atoms with Crippen LogP contribution in [0.1, 0.15) is 6.42 Å². The van der Waals surface area contributed by atoms with Gasteiger partial charge in [-0.1, -0.05) is 0 Å². The molecule has 0 N–H and O–H groups in total. The minimum atomic E-state index is -0.0620. The Morgan fingerprint density at radius 3 is 2.08 bits per heavy atom. The summed E-state index contributed by atoms with van der Waals surface area (Å²) < 4.78 is 0. The summed E-state index contributed by atoms with van der Waals surface area (Å²) in [4.78, 5) is 40.6. The smallest absolute Gasteiger partial charge is 0.150 e. The van der Waals surface area contributed by atoms with E-state index in [9.17, 15) is 19.2 Å². The highest BCUT2D eigenvalue weighted by molar-refractivity contribution is 5.89. The number of carbonyl (C=O) groups is 4. The van der Waals surface area contributed by atoms with Crippen molar-refractivity contribution in [3.8, 4) is 0 Å². The van der Waals surface area contributed by atoms with Gasteiger partial charge in [-0.25, -0.2) is 0 Å². The lowest BCUT2D eigenvalue weighted by Crippen LogP contribution is -1.89. The van der Waals surface area contributed by atoms with Crippen LogP contribution < -0.4 is 0 Å². The molecule has 0 spiro atoms. The first kappa shape index (κ1) is 11.2. The molecule has 4 heteroatoms. The topological polar surface area (TPSA) is 68.3 Å². The van der Waals surface area contributed by atoms with Crippen molar-refractivity contribution < 1.29 is 19.2 Å². The maximum absolute atomic E-state index is 10.3. The Labute approximate surface area is 74.9 Å². The number of allylic oxidation sites excluding steroid dienone is 4. The minimum Gasteiger partial charge on any atom is -0.303 e. The first-order valence-corrected chi connectivity index (χ1v) is 3.48. The number of aldehydes is 4. The third-order valence-corrected chi connectivity index (χ3v) is 1.22. The predicted octanol–water partition coefficient (Wildman–Crippen LogP) is 0.0249. The van der Waals surface area contributed by atoms with E-state index in [1.807, 2.05) is 0 Å². The standard InChI is InChI=1S/C9H8O4/c10-3-1-8(6-12)5-9(7-13)2-4-11/h1,3-7H,2H2. The van der Waals surface area contributed by atoms with Gasteiger partial charge in [0.05, 0.1) is 0 Å². The molecule has 0 aromatic heterocycles. The van der Waals surface area contributed by atoms with Gasteiger partial charge < -0.3 is 4.79 Å². The van der Waals surface area contributed by atoms with Gasteiger partial charge >= 0.3 is 0 Å². The Bertz CT molecular complexity index is 273. The van der Waals surface area contributed by atoms with E-state index in [1.54, 1.807) is 0 Å². The van der Waals surface area contributed by atoms with Gasteiger partial charge in [-0.3, -0.25) is 14.4 Å². The molecule has 0 aromatic rings. The molecule has 0 aromatic carbocycles. The van der Waals surface area contributed by atoms with Crippen LogP contribution in [0.2, 0.25) is 0 Å². The number of rotatable bonds is 6. The summed E-state index contributed by atoms with van der Waals surface area (Å²) >= 11 is 0. The van der Waals surface area contributed by atoms with E-state index < -0.39 is 0 Å². The zero-order chi connectivity index (χ0) is 10.1. The van der Waals surface area contributed by atoms with Crippen molar-refractivity contribution in [2.24, 2.45) is 0 Å². The SMILES string of the molecule is O=CC=C(C=O)C=C(C=O)CC=O. The van der Waals surface area contributed by atoms with Crippen molar-refractivity contribution in [3.63, 3.8) is 0 Å². The Hall–Kier alpha value is -1.84. The van der Waals surface area contributed by atoms with Gasteiger partial charge in [-0.05, 0) is 17.7 Å². The maximum Gasteiger partial charge on any atom is 0.150 e. The van der Waals surface area contributed by atoms with Gasteiger partial charge in [0.25, 0.3) is 0 Å². The highest BCUT2D eigenvalue weighted by atomic mass is 16.1. The van der Waals surface area contributed by atoms with Crippen molar-refractivity contribution in [3.05, 3.63) is 23.3 Å². The fraction of sp³-hybridized carbons (Fsp3) is 0.111. The summed E-state index contributed by atoms with van der Waals surface area (Å²) in [5, 5.41) is 0. The third-order valence-electron chi connectivity index (χ3n) is 1.22. The Morgan fingerprint density at radius 1 is 1.00 bits per heavy atom. The molecular weight excluding hydrogens is 172 g/mol. The van der Waals surface area contributed by atoms with Gasteiger partial charge in [0.15, 0.2) is 0 Å². The van der Waals surface area contributed by atoms with Crippen LogP contribution in [0.25, 0.3) is 0 Å². The second-order valence-corrected chi connectivity index (χ2v) is 2.13. The molecule has 4 nitrogen and oxygen atoms in total. The van der Waals surface area contributed by atoms with Crippen molar-refractivity contribution >= 4 is 25.1 Å². The molecule has 0 aliphatic rings. The van der Waals surface area contributed by atoms with Crippen LogP contribution in [-0.4, -0.2) is 25.1 Å². The molecule has 0 saturated carbocycles. The van der Waals surface area contributed by atoms with Gasteiger partial charge in [-0.15, -0.1) is 0 Å². The molecule has 0 fully saturated rings. The van der Waals surface area contributed by atoms with Crippen molar-refractivity contribution in [1.82, 2.24) is 0 Å². The molecule has 0 aliphatic heterocycles. The molecule has 68 valence electrons. The van der Waals surface area contributed by atoms with Gasteiger partial charge in [0, 0.05) is 12.0 Å². The summed E-state index contributed by atoms with van der Waals surface area (Å²) in [7, 11) is 0. The van der Waals surface area contributed by atoms with Crippen LogP contribution in [0, 0.1) is 0 Å². The normalized spacial score (nSPS) is 12.0. The van der Waals surface area contributed by atoms with Crippen LogP contribution >= 0.6 is 0 Å². The van der Waals surface area contributed by atoms with Gasteiger partial charge in [-0.2, -0.15) is 0 Å². The second-order valence-electron chi connectivity index (χ2n) is 2.13. The molecule has 0 heterocycles. The highest BCUT2D eigenvalue weighted by Gasteiger charge is 1.96. The average Bonchev–Trinajstić information content (AvgIpc) is 2.16. The summed E-state index contributed by atoms with van der Waals surface area (Å²) in [5.41, 5.74) is 0.231. The van der Waals surface area contributed by atoms with Gasteiger partial charge in [0.1, 0.15) is 25.1 Å². The molecule has 13 heavy (non-hydrogen) atoms. The molecule has 0 saturated heterocycles. The zero-order valence-corrected chi connectivity index (χ0v) is 6.80. The number of carbonyl (C=O) groups excluding carboxylic acids is 4. The van der Waals surface area contributed by atoms with Crippen molar-refractivity contribution in [1.29, 1.82) is 0 Å². The fourth-order valence-electron chi connectivity index (χ4n) is 0.651. The lowest BCUT2D eigenvalue weighted by molar-refractivity contribution is -0.109. The Balaban J connectivity index is 4.71.